The smallest absolute Gasteiger partial charge is 0.0750 e. The Bertz CT molecular complexity index is 375. The van der Waals surface area contributed by atoms with E-state index in [9.17, 15) is 5.11 Å². The number of hydrogen-bond donors (Lipinski definition) is 1. The van der Waals surface area contributed by atoms with E-state index < -0.39 is 5.60 Å². The van der Waals surface area contributed by atoms with Crippen molar-refractivity contribution in [3.63, 3.8) is 0 Å². The zero-order valence-electron chi connectivity index (χ0n) is 10.9. The standard InChI is InChI=1S/C13H22N2O2/c1-10(2)15-6-4-12(14-15)9-13(16)5-7-17-11(3)8-13/h4,6,10-11,16H,5,7-9H2,1-3H3. The molecule has 1 aromatic heterocycles. The van der Waals surface area contributed by atoms with Crippen molar-refractivity contribution in [1.82, 2.24) is 9.78 Å². The molecule has 2 heterocycles. The highest BCUT2D eigenvalue weighted by Gasteiger charge is 2.34. The summed E-state index contributed by atoms with van der Waals surface area (Å²) in [5, 5.41) is 15.0. The summed E-state index contributed by atoms with van der Waals surface area (Å²) >= 11 is 0. The van der Waals surface area contributed by atoms with Gasteiger partial charge in [0.1, 0.15) is 0 Å². The van der Waals surface area contributed by atoms with Crippen LogP contribution in [0.3, 0.4) is 0 Å². The minimum atomic E-state index is -0.645. The topological polar surface area (TPSA) is 47.3 Å². The first-order valence-corrected chi connectivity index (χ1v) is 6.36. The van der Waals surface area contributed by atoms with E-state index in [0.29, 0.717) is 31.9 Å². The molecule has 1 saturated heterocycles. The van der Waals surface area contributed by atoms with E-state index in [1.165, 1.54) is 0 Å². The van der Waals surface area contributed by atoms with Crippen molar-refractivity contribution >= 4 is 0 Å². The number of nitrogens with zero attached hydrogens (tertiary/aromatic N) is 2. The summed E-state index contributed by atoms with van der Waals surface area (Å²) in [6.45, 7) is 6.85. The highest BCUT2D eigenvalue weighted by atomic mass is 16.5. The number of rotatable bonds is 3. The Labute approximate surface area is 103 Å². The SMILES string of the molecule is CC1CC(O)(Cc2ccn(C(C)C)n2)CCO1. The average molecular weight is 238 g/mol. The highest BCUT2D eigenvalue weighted by Crippen LogP contribution is 2.28. The number of aromatic nitrogens is 2. The van der Waals surface area contributed by atoms with Gasteiger partial charge in [0.2, 0.25) is 0 Å². The summed E-state index contributed by atoms with van der Waals surface area (Å²) in [6.07, 6.45) is 4.14. The van der Waals surface area contributed by atoms with E-state index >= 15 is 0 Å². The normalized spacial score (nSPS) is 29.8. The van der Waals surface area contributed by atoms with Crippen LogP contribution in [0.4, 0.5) is 0 Å². The largest absolute Gasteiger partial charge is 0.389 e. The highest BCUT2D eigenvalue weighted by molar-refractivity contribution is 5.05. The van der Waals surface area contributed by atoms with E-state index in [1.807, 2.05) is 23.9 Å². The van der Waals surface area contributed by atoms with Crippen LogP contribution in [0.5, 0.6) is 0 Å². The van der Waals surface area contributed by atoms with Crippen molar-refractivity contribution in [3.8, 4) is 0 Å². The molecular weight excluding hydrogens is 216 g/mol. The van der Waals surface area contributed by atoms with Crippen molar-refractivity contribution in [2.45, 2.75) is 57.8 Å². The summed E-state index contributed by atoms with van der Waals surface area (Å²) in [5.74, 6) is 0. The Hall–Kier alpha value is -0.870. The van der Waals surface area contributed by atoms with Gasteiger partial charge in [0, 0.05) is 31.7 Å². The molecule has 1 aromatic rings. The number of aliphatic hydroxyl groups is 1. The molecule has 1 aliphatic heterocycles. The van der Waals surface area contributed by atoms with E-state index in [2.05, 4.69) is 18.9 Å². The molecule has 2 unspecified atom stereocenters. The zero-order chi connectivity index (χ0) is 12.5. The van der Waals surface area contributed by atoms with Crippen molar-refractivity contribution in [1.29, 1.82) is 0 Å². The molecule has 0 radical (unpaired) electrons. The van der Waals surface area contributed by atoms with Crippen molar-refractivity contribution < 1.29 is 9.84 Å². The van der Waals surface area contributed by atoms with Crippen LogP contribution in [0.15, 0.2) is 12.3 Å². The molecule has 4 heteroatoms. The average Bonchev–Trinajstić information content (AvgIpc) is 2.64. The summed E-state index contributed by atoms with van der Waals surface area (Å²) in [6, 6.07) is 2.37. The lowest BCUT2D eigenvalue weighted by molar-refractivity contribution is -0.0965. The Morgan fingerprint density at radius 1 is 1.65 bits per heavy atom. The molecule has 4 nitrogen and oxygen atoms in total. The van der Waals surface area contributed by atoms with Gasteiger partial charge in [-0.3, -0.25) is 4.68 Å². The fraction of sp³-hybridized carbons (Fsp3) is 0.769. The Balaban J connectivity index is 2.03. The maximum absolute atomic E-state index is 10.5. The molecule has 1 aliphatic rings. The van der Waals surface area contributed by atoms with Crippen LogP contribution in [0.2, 0.25) is 0 Å². The third-order valence-electron chi connectivity index (χ3n) is 3.34. The molecular formula is C13H22N2O2. The third kappa shape index (κ3) is 3.07. The van der Waals surface area contributed by atoms with Crippen LogP contribution >= 0.6 is 0 Å². The molecule has 0 spiro atoms. The van der Waals surface area contributed by atoms with Crippen molar-refractivity contribution in [3.05, 3.63) is 18.0 Å². The first-order chi connectivity index (χ1) is 7.98. The maximum Gasteiger partial charge on any atom is 0.0750 e. The fourth-order valence-corrected chi connectivity index (χ4v) is 2.40. The Morgan fingerprint density at radius 3 is 3.00 bits per heavy atom. The van der Waals surface area contributed by atoms with E-state index in [-0.39, 0.29) is 6.10 Å². The second-order valence-corrected chi connectivity index (χ2v) is 5.42. The van der Waals surface area contributed by atoms with E-state index in [4.69, 9.17) is 4.74 Å². The van der Waals surface area contributed by atoms with Crippen LogP contribution in [0.1, 0.15) is 45.3 Å². The second-order valence-electron chi connectivity index (χ2n) is 5.42. The number of hydrogen-bond acceptors (Lipinski definition) is 3. The van der Waals surface area contributed by atoms with E-state index in [0.717, 1.165) is 5.69 Å². The minimum Gasteiger partial charge on any atom is -0.389 e. The van der Waals surface area contributed by atoms with Crippen molar-refractivity contribution in [2.75, 3.05) is 6.61 Å². The van der Waals surface area contributed by atoms with Crippen molar-refractivity contribution in [2.24, 2.45) is 0 Å². The lowest BCUT2D eigenvalue weighted by Gasteiger charge is -2.35. The fourth-order valence-electron chi connectivity index (χ4n) is 2.40. The molecule has 0 bridgehead atoms. The Morgan fingerprint density at radius 2 is 2.41 bits per heavy atom. The molecule has 0 amide bonds. The van der Waals surface area contributed by atoms with Crippen LogP contribution in [0.25, 0.3) is 0 Å². The van der Waals surface area contributed by atoms with Crippen LogP contribution < -0.4 is 0 Å². The van der Waals surface area contributed by atoms with Crippen LogP contribution in [-0.4, -0.2) is 33.2 Å². The lowest BCUT2D eigenvalue weighted by atomic mass is 9.87. The molecule has 0 saturated carbocycles. The van der Waals surface area contributed by atoms with Gasteiger partial charge in [-0.2, -0.15) is 5.10 Å². The number of ether oxygens (including phenoxy) is 1. The molecule has 0 aliphatic carbocycles. The van der Waals surface area contributed by atoms with Gasteiger partial charge in [-0.1, -0.05) is 0 Å². The minimum absolute atomic E-state index is 0.140. The molecule has 2 atom stereocenters. The molecule has 17 heavy (non-hydrogen) atoms. The summed E-state index contributed by atoms with van der Waals surface area (Å²) in [7, 11) is 0. The second kappa shape index (κ2) is 4.78. The molecule has 1 N–H and O–H groups in total. The first kappa shape index (κ1) is 12.6. The third-order valence-corrected chi connectivity index (χ3v) is 3.34. The predicted molar refractivity (Wildman–Crippen MR) is 65.9 cm³/mol. The molecule has 1 fully saturated rings. The van der Waals surface area contributed by atoms with Gasteiger partial charge < -0.3 is 9.84 Å². The lowest BCUT2D eigenvalue weighted by Crippen LogP contribution is -2.41. The zero-order valence-corrected chi connectivity index (χ0v) is 10.9. The van der Waals surface area contributed by atoms with Crippen LogP contribution in [0, 0.1) is 0 Å². The van der Waals surface area contributed by atoms with Gasteiger partial charge >= 0.3 is 0 Å². The van der Waals surface area contributed by atoms with Gasteiger partial charge in [-0.05, 0) is 33.3 Å². The monoisotopic (exact) mass is 238 g/mol. The van der Waals surface area contributed by atoms with Gasteiger partial charge in [0.15, 0.2) is 0 Å². The molecule has 0 aromatic carbocycles. The molecule has 96 valence electrons. The van der Waals surface area contributed by atoms with Crippen LogP contribution in [-0.2, 0) is 11.2 Å². The van der Waals surface area contributed by atoms with Gasteiger partial charge in [-0.25, -0.2) is 0 Å². The Kier molecular flexibility index (Phi) is 3.54. The van der Waals surface area contributed by atoms with E-state index in [1.54, 1.807) is 0 Å². The quantitative estimate of drug-likeness (QED) is 0.875. The first-order valence-electron chi connectivity index (χ1n) is 6.36. The predicted octanol–water partition coefficient (Wildman–Crippen LogP) is 1.94. The summed E-state index contributed by atoms with van der Waals surface area (Å²) < 4.78 is 7.40. The molecule has 2 rings (SSSR count). The van der Waals surface area contributed by atoms with Gasteiger partial charge in [0.25, 0.3) is 0 Å². The van der Waals surface area contributed by atoms with Gasteiger partial charge in [0.05, 0.1) is 17.4 Å². The summed E-state index contributed by atoms with van der Waals surface area (Å²) in [4.78, 5) is 0. The maximum atomic E-state index is 10.5. The summed E-state index contributed by atoms with van der Waals surface area (Å²) in [5.41, 5.74) is 0.323. The van der Waals surface area contributed by atoms with Gasteiger partial charge in [-0.15, -0.1) is 0 Å².